The summed E-state index contributed by atoms with van der Waals surface area (Å²) in [5, 5.41) is 7.35. The van der Waals surface area contributed by atoms with E-state index in [1.165, 1.54) is 0 Å². The lowest BCUT2D eigenvalue weighted by molar-refractivity contribution is -0.123. The lowest BCUT2D eigenvalue weighted by Crippen LogP contribution is -2.27. The number of carbonyl (C=O) groups excluding carboxylic acids is 1. The third-order valence-electron chi connectivity index (χ3n) is 4.04. The Hall–Kier alpha value is -3.22. The fourth-order valence-electron chi connectivity index (χ4n) is 2.59. The number of ether oxygens (including phenoxy) is 1. The fraction of sp³-hybridized carbons (Fsp3) is 0.333. The molecule has 1 aromatic carbocycles. The van der Waals surface area contributed by atoms with Gasteiger partial charge in [0.2, 0.25) is 11.8 Å². The Morgan fingerprint density at radius 3 is 2.29 bits per heavy atom. The molecule has 0 radical (unpaired) electrons. The molecule has 0 spiro atoms. The van der Waals surface area contributed by atoms with Crippen molar-refractivity contribution in [3.63, 3.8) is 0 Å². The van der Waals surface area contributed by atoms with Crippen molar-refractivity contribution >= 4 is 11.6 Å². The summed E-state index contributed by atoms with van der Waals surface area (Å²) in [7, 11) is 0. The zero-order chi connectivity index (χ0) is 20.5. The molecule has 0 unspecified atom stereocenters. The van der Waals surface area contributed by atoms with Crippen LogP contribution >= 0.6 is 0 Å². The zero-order valence-corrected chi connectivity index (χ0v) is 17.1. The Kier molecular flexibility index (Phi) is 5.18. The van der Waals surface area contributed by atoms with Crippen LogP contribution < -0.4 is 10.1 Å². The lowest BCUT2D eigenvalue weighted by atomic mass is 9.95. The van der Waals surface area contributed by atoms with Gasteiger partial charge in [-0.15, -0.1) is 0 Å². The van der Waals surface area contributed by atoms with Gasteiger partial charge in [-0.3, -0.25) is 4.79 Å². The number of aromatic nitrogens is 4. The van der Waals surface area contributed by atoms with Gasteiger partial charge in [0.1, 0.15) is 11.6 Å². The van der Waals surface area contributed by atoms with Crippen molar-refractivity contribution in [2.24, 2.45) is 5.41 Å². The van der Waals surface area contributed by atoms with Crippen LogP contribution in [-0.4, -0.2) is 25.7 Å². The van der Waals surface area contributed by atoms with Gasteiger partial charge in [0, 0.05) is 22.9 Å². The van der Waals surface area contributed by atoms with Crippen molar-refractivity contribution in [3.8, 4) is 17.4 Å². The molecule has 0 fully saturated rings. The second kappa shape index (κ2) is 7.42. The first-order valence-electron chi connectivity index (χ1n) is 9.10. The van der Waals surface area contributed by atoms with Gasteiger partial charge in [0.05, 0.1) is 5.69 Å². The molecule has 3 aromatic rings. The van der Waals surface area contributed by atoms with Crippen molar-refractivity contribution in [1.82, 2.24) is 19.7 Å². The minimum atomic E-state index is -0.451. The Balaban J connectivity index is 1.79. The maximum Gasteiger partial charge on any atom is 0.229 e. The van der Waals surface area contributed by atoms with Crippen LogP contribution in [0.15, 0.2) is 36.4 Å². The molecule has 7 heteroatoms. The molecular formula is C21H25N5O2. The monoisotopic (exact) mass is 379 g/mol. The van der Waals surface area contributed by atoms with Crippen molar-refractivity contribution in [3.05, 3.63) is 53.6 Å². The number of anilines is 1. The highest BCUT2D eigenvalue weighted by Gasteiger charge is 2.21. The van der Waals surface area contributed by atoms with Crippen LogP contribution in [0, 0.1) is 26.2 Å². The van der Waals surface area contributed by atoms with Gasteiger partial charge in [-0.05, 0) is 51.1 Å². The minimum Gasteiger partial charge on any atom is -0.439 e. The van der Waals surface area contributed by atoms with Crippen molar-refractivity contribution < 1.29 is 9.53 Å². The smallest absolute Gasteiger partial charge is 0.229 e. The first kappa shape index (κ1) is 19.5. The van der Waals surface area contributed by atoms with Crippen molar-refractivity contribution in [2.45, 2.75) is 41.5 Å². The van der Waals surface area contributed by atoms with E-state index in [4.69, 9.17) is 4.74 Å². The highest BCUT2D eigenvalue weighted by molar-refractivity contribution is 5.94. The summed E-state index contributed by atoms with van der Waals surface area (Å²) in [6.45, 7) is 11.3. The second-order valence-corrected chi connectivity index (χ2v) is 7.78. The highest BCUT2D eigenvalue weighted by atomic mass is 16.5. The van der Waals surface area contributed by atoms with E-state index in [-0.39, 0.29) is 5.91 Å². The number of carbonyl (C=O) groups is 1. The van der Waals surface area contributed by atoms with Crippen LogP contribution in [0.3, 0.4) is 0 Å². The van der Waals surface area contributed by atoms with E-state index in [9.17, 15) is 4.79 Å². The standard InChI is InChI=1S/C21H25N5O2/c1-13-11-14(2)26(25-13)18-12-19(23-15(3)22-18)28-17-9-7-16(8-10-17)24-20(27)21(4,5)6/h7-12H,1-6H3,(H,24,27). The van der Waals surface area contributed by atoms with Crippen molar-refractivity contribution in [1.29, 1.82) is 0 Å². The molecule has 2 aromatic heterocycles. The van der Waals surface area contributed by atoms with E-state index in [0.717, 1.165) is 17.1 Å². The third-order valence-corrected chi connectivity index (χ3v) is 4.04. The largest absolute Gasteiger partial charge is 0.439 e. The molecule has 0 saturated carbocycles. The molecule has 0 aliphatic heterocycles. The van der Waals surface area contributed by atoms with E-state index in [1.807, 2.05) is 47.6 Å². The van der Waals surface area contributed by atoms with Gasteiger partial charge in [-0.1, -0.05) is 20.8 Å². The van der Waals surface area contributed by atoms with Gasteiger partial charge in [-0.2, -0.15) is 10.1 Å². The number of nitrogens with zero attached hydrogens (tertiary/aromatic N) is 4. The average Bonchev–Trinajstić information content (AvgIpc) is 2.93. The Morgan fingerprint density at radius 2 is 1.71 bits per heavy atom. The number of rotatable bonds is 4. The molecular weight excluding hydrogens is 354 g/mol. The van der Waals surface area contributed by atoms with Gasteiger partial charge >= 0.3 is 0 Å². The summed E-state index contributed by atoms with van der Waals surface area (Å²) in [5.41, 5.74) is 2.17. The molecule has 1 N–H and O–H groups in total. The van der Waals surface area contributed by atoms with Gasteiger partial charge in [0.15, 0.2) is 5.82 Å². The van der Waals surface area contributed by atoms with Gasteiger partial charge in [-0.25, -0.2) is 9.67 Å². The molecule has 146 valence electrons. The van der Waals surface area contributed by atoms with Crippen LogP contribution in [0.25, 0.3) is 5.82 Å². The van der Waals surface area contributed by atoms with E-state index in [1.54, 1.807) is 35.0 Å². The number of aryl methyl sites for hydroxylation is 3. The summed E-state index contributed by atoms with van der Waals surface area (Å²) in [5.74, 6) is 2.26. The van der Waals surface area contributed by atoms with Crippen LogP contribution in [-0.2, 0) is 4.79 Å². The number of hydrogen-bond acceptors (Lipinski definition) is 5. The first-order chi connectivity index (χ1) is 13.1. The van der Waals surface area contributed by atoms with E-state index < -0.39 is 5.41 Å². The van der Waals surface area contributed by atoms with Gasteiger partial charge in [0.25, 0.3) is 0 Å². The van der Waals surface area contributed by atoms with Gasteiger partial charge < -0.3 is 10.1 Å². The number of benzene rings is 1. The quantitative estimate of drug-likeness (QED) is 0.728. The molecule has 0 aliphatic carbocycles. The first-order valence-corrected chi connectivity index (χ1v) is 9.10. The highest BCUT2D eigenvalue weighted by Crippen LogP contribution is 2.24. The molecule has 0 bridgehead atoms. The van der Waals surface area contributed by atoms with E-state index >= 15 is 0 Å². The molecule has 2 heterocycles. The second-order valence-electron chi connectivity index (χ2n) is 7.78. The topological polar surface area (TPSA) is 81.9 Å². The summed E-state index contributed by atoms with van der Waals surface area (Å²) < 4.78 is 7.66. The number of hydrogen-bond donors (Lipinski definition) is 1. The SMILES string of the molecule is Cc1cc(C)n(-c2cc(Oc3ccc(NC(=O)C(C)(C)C)cc3)nc(C)n2)n1. The predicted molar refractivity (Wildman–Crippen MR) is 108 cm³/mol. The third kappa shape index (κ3) is 4.54. The summed E-state index contributed by atoms with van der Waals surface area (Å²) in [4.78, 5) is 20.9. The normalized spacial score (nSPS) is 11.4. The Morgan fingerprint density at radius 1 is 1.04 bits per heavy atom. The average molecular weight is 379 g/mol. The van der Waals surface area contributed by atoms with E-state index in [0.29, 0.717) is 23.3 Å². The maximum atomic E-state index is 12.1. The lowest BCUT2D eigenvalue weighted by Gasteiger charge is -2.17. The zero-order valence-electron chi connectivity index (χ0n) is 17.1. The number of amides is 1. The summed E-state index contributed by atoms with van der Waals surface area (Å²) in [6.07, 6.45) is 0. The van der Waals surface area contributed by atoms with Crippen LogP contribution in [0.4, 0.5) is 5.69 Å². The van der Waals surface area contributed by atoms with Crippen LogP contribution in [0.5, 0.6) is 11.6 Å². The summed E-state index contributed by atoms with van der Waals surface area (Å²) >= 11 is 0. The molecule has 0 atom stereocenters. The molecule has 0 saturated heterocycles. The maximum absolute atomic E-state index is 12.1. The van der Waals surface area contributed by atoms with Crippen LogP contribution in [0.1, 0.15) is 38.0 Å². The minimum absolute atomic E-state index is 0.0397. The number of nitrogens with one attached hydrogen (secondary N) is 1. The molecule has 3 rings (SSSR count). The predicted octanol–water partition coefficient (Wildman–Crippen LogP) is 4.36. The fourth-order valence-corrected chi connectivity index (χ4v) is 2.59. The molecule has 7 nitrogen and oxygen atoms in total. The molecule has 1 amide bonds. The van der Waals surface area contributed by atoms with E-state index in [2.05, 4.69) is 20.4 Å². The summed E-state index contributed by atoms with van der Waals surface area (Å²) in [6, 6.07) is 10.9. The molecule has 28 heavy (non-hydrogen) atoms. The molecule has 0 aliphatic rings. The van der Waals surface area contributed by atoms with Crippen LogP contribution in [0.2, 0.25) is 0 Å². The Bertz CT molecular complexity index is 1000. The Labute approximate surface area is 164 Å². The van der Waals surface area contributed by atoms with Crippen molar-refractivity contribution in [2.75, 3.05) is 5.32 Å².